The minimum atomic E-state index is -0.272. The van der Waals surface area contributed by atoms with Gasteiger partial charge in [-0.2, -0.15) is 0 Å². The number of rotatable bonds is 3. The average Bonchev–Trinajstić information content (AvgIpc) is 2.27. The van der Waals surface area contributed by atoms with Gasteiger partial charge in [-0.15, -0.1) is 0 Å². The molecule has 0 aliphatic carbocycles. The van der Waals surface area contributed by atoms with Crippen LogP contribution >= 0.6 is 0 Å². The molecule has 0 spiro atoms. The van der Waals surface area contributed by atoms with Gasteiger partial charge < -0.3 is 9.52 Å². The molecule has 0 atom stereocenters. The van der Waals surface area contributed by atoms with E-state index in [2.05, 4.69) is 6.92 Å². The summed E-state index contributed by atoms with van der Waals surface area (Å²) in [6.45, 7) is 2.08. The lowest BCUT2D eigenvalue weighted by Crippen LogP contribution is -2.06. The Morgan fingerprint density at radius 2 is 2.12 bits per heavy atom. The molecule has 1 N–H and O–H groups in total. The molecule has 1 aromatic heterocycles. The summed E-state index contributed by atoms with van der Waals surface area (Å²) in [4.78, 5) is 11.6. The van der Waals surface area contributed by atoms with Gasteiger partial charge in [0.2, 0.25) is 0 Å². The van der Waals surface area contributed by atoms with Gasteiger partial charge in [0.05, 0.1) is 0 Å². The molecular formula is C13H14O3. The molecule has 0 bridgehead atoms. The van der Waals surface area contributed by atoms with E-state index >= 15 is 0 Å². The van der Waals surface area contributed by atoms with E-state index in [4.69, 9.17) is 4.42 Å². The van der Waals surface area contributed by atoms with Gasteiger partial charge >= 0.3 is 5.63 Å². The van der Waals surface area contributed by atoms with Gasteiger partial charge in [-0.25, -0.2) is 4.79 Å². The zero-order valence-electron chi connectivity index (χ0n) is 9.19. The maximum absolute atomic E-state index is 11.6. The normalized spacial score (nSPS) is 10.8. The molecule has 2 rings (SSSR count). The van der Waals surface area contributed by atoms with E-state index in [-0.39, 0.29) is 11.4 Å². The molecule has 16 heavy (non-hydrogen) atoms. The predicted molar refractivity (Wildman–Crippen MR) is 62.8 cm³/mol. The first-order valence-electron chi connectivity index (χ1n) is 5.46. The molecule has 0 saturated carbocycles. The number of aromatic hydroxyl groups is 1. The number of fused-ring (bicyclic) bond motifs is 1. The van der Waals surface area contributed by atoms with Crippen LogP contribution in [0.2, 0.25) is 0 Å². The number of hydrogen-bond donors (Lipinski definition) is 1. The topological polar surface area (TPSA) is 50.4 Å². The summed E-state index contributed by atoms with van der Waals surface area (Å²) < 4.78 is 5.18. The number of phenols is 1. The van der Waals surface area contributed by atoms with Crippen LogP contribution in [0, 0.1) is 0 Å². The number of hydrogen-bond acceptors (Lipinski definition) is 3. The molecule has 0 radical (unpaired) electrons. The largest absolute Gasteiger partial charge is 0.508 e. The second kappa shape index (κ2) is 4.39. The number of benzene rings is 1. The SMILES string of the molecule is CCCCc1cc2cc(O)ccc2oc1=O. The Morgan fingerprint density at radius 1 is 1.31 bits per heavy atom. The summed E-state index contributed by atoms with van der Waals surface area (Å²) in [7, 11) is 0. The highest BCUT2D eigenvalue weighted by Crippen LogP contribution is 2.19. The lowest BCUT2D eigenvalue weighted by Gasteiger charge is -2.01. The van der Waals surface area contributed by atoms with E-state index < -0.39 is 0 Å². The molecule has 0 unspecified atom stereocenters. The smallest absolute Gasteiger partial charge is 0.339 e. The fourth-order valence-electron chi connectivity index (χ4n) is 1.70. The van der Waals surface area contributed by atoms with Crippen molar-refractivity contribution in [3.63, 3.8) is 0 Å². The average molecular weight is 218 g/mol. The van der Waals surface area contributed by atoms with Crippen molar-refractivity contribution in [3.8, 4) is 5.75 Å². The molecule has 2 aromatic rings. The van der Waals surface area contributed by atoms with Crippen molar-refractivity contribution < 1.29 is 9.52 Å². The van der Waals surface area contributed by atoms with Crippen molar-refractivity contribution in [2.45, 2.75) is 26.2 Å². The maximum atomic E-state index is 11.6. The highest BCUT2D eigenvalue weighted by Gasteiger charge is 2.05. The van der Waals surface area contributed by atoms with Crippen LogP contribution in [0.25, 0.3) is 11.0 Å². The molecule has 0 saturated heterocycles. The molecule has 3 nitrogen and oxygen atoms in total. The van der Waals surface area contributed by atoms with Crippen LogP contribution in [0.5, 0.6) is 5.75 Å². The number of phenolic OH excluding ortho intramolecular Hbond substituents is 1. The summed E-state index contributed by atoms with van der Waals surface area (Å²) in [5.41, 5.74) is 0.926. The van der Waals surface area contributed by atoms with Crippen molar-refractivity contribution in [2.75, 3.05) is 0 Å². The molecule has 1 heterocycles. The molecule has 84 valence electrons. The van der Waals surface area contributed by atoms with Crippen LogP contribution in [-0.4, -0.2) is 5.11 Å². The molecular weight excluding hydrogens is 204 g/mol. The quantitative estimate of drug-likeness (QED) is 0.806. The van der Waals surface area contributed by atoms with E-state index in [1.807, 2.05) is 0 Å². The predicted octanol–water partition coefficient (Wildman–Crippen LogP) is 2.84. The lowest BCUT2D eigenvalue weighted by molar-refractivity contribution is 0.475. The Morgan fingerprint density at radius 3 is 2.88 bits per heavy atom. The first kappa shape index (κ1) is 10.7. The van der Waals surface area contributed by atoms with Gasteiger partial charge in [0.1, 0.15) is 11.3 Å². The summed E-state index contributed by atoms with van der Waals surface area (Å²) >= 11 is 0. The van der Waals surface area contributed by atoms with Gasteiger partial charge in [0.15, 0.2) is 0 Å². The highest BCUT2D eigenvalue weighted by atomic mass is 16.4. The Balaban J connectivity index is 2.51. The second-order valence-electron chi connectivity index (χ2n) is 3.88. The first-order valence-corrected chi connectivity index (χ1v) is 5.46. The number of aryl methyl sites for hydroxylation is 1. The summed E-state index contributed by atoms with van der Waals surface area (Å²) in [6, 6.07) is 6.52. The van der Waals surface area contributed by atoms with Gasteiger partial charge in [-0.05, 0) is 37.1 Å². The van der Waals surface area contributed by atoms with Crippen molar-refractivity contribution >= 4 is 11.0 Å². The van der Waals surface area contributed by atoms with Crippen molar-refractivity contribution in [2.24, 2.45) is 0 Å². The Bertz CT molecular complexity index is 555. The fraction of sp³-hybridized carbons (Fsp3) is 0.308. The number of unbranched alkanes of at least 4 members (excludes halogenated alkanes) is 1. The van der Waals surface area contributed by atoms with E-state index in [9.17, 15) is 9.90 Å². The van der Waals surface area contributed by atoms with E-state index in [1.165, 1.54) is 6.07 Å². The molecule has 0 aliphatic rings. The summed E-state index contributed by atoms with van der Waals surface area (Å²) in [5.74, 6) is 0.183. The lowest BCUT2D eigenvalue weighted by atomic mass is 10.1. The van der Waals surface area contributed by atoms with Crippen LogP contribution in [0.4, 0.5) is 0 Å². The molecule has 1 aromatic carbocycles. The van der Waals surface area contributed by atoms with Crippen LogP contribution in [-0.2, 0) is 6.42 Å². The minimum Gasteiger partial charge on any atom is -0.508 e. The molecule has 0 amide bonds. The third-order valence-corrected chi connectivity index (χ3v) is 2.59. The minimum absolute atomic E-state index is 0.183. The van der Waals surface area contributed by atoms with Crippen molar-refractivity contribution in [1.29, 1.82) is 0 Å². The standard InChI is InChI=1S/C13H14O3/c1-2-3-4-9-7-10-8-11(14)5-6-12(10)16-13(9)15/h5-8,14H,2-4H2,1H3. The van der Waals surface area contributed by atoms with Gasteiger partial charge in [0.25, 0.3) is 0 Å². The van der Waals surface area contributed by atoms with Crippen molar-refractivity contribution in [1.82, 2.24) is 0 Å². The van der Waals surface area contributed by atoms with Crippen molar-refractivity contribution in [3.05, 3.63) is 40.2 Å². The monoisotopic (exact) mass is 218 g/mol. The van der Waals surface area contributed by atoms with Gasteiger partial charge in [-0.3, -0.25) is 0 Å². The Labute approximate surface area is 93.3 Å². The fourth-order valence-corrected chi connectivity index (χ4v) is 1.70. The van der Waals surface area contributed by atoms with Crippen LogP contribution in [0.15, 0.2) is 33.5 Å². The van der Waals surface area contributed by atoms with Crippen LogP contribution in [0.3, 0.4) is 0 Å². The zero-order chi connectivity index (χ0) is 11.5. The maximum Gasteiger partial charge on any atom is 0.339 e. The molecule has 3 heteroatoms. The third kappa shape index (κ3) is 2.08. The molecule has 0 fully saturated rings. The zero-order valence-corrected chi connectivity index (χ0v) is 9.19. The Kier molecular flexibility index (Phi) is 2.95. The molecule has 0 aliphatic heterocycles. The van der Waals surface area contributed by atoms with Crippen LogP contribution in [0.1, 0.15) is 25.3 Å². The first-order chi connectivity index (χ1) is 7.70. The van der Waals surface area contributed by atoms with E-state index in [0.717, 1.165) is 24.6 Å². The van der Waals surface area contributed by atoms with Gasteiger partial charge in [0, 0.05) is 10.9 Å². The van der Waals surface area contributed by atoms with E-state index in [1.54, 1.807) is 18.2 Å². The summed E-state index contributed by atoms with van der Waals surface area (Å²) in [6.07, 6.45) is 2.73. The van der Waals surface area contributed by atoms with E-state index in [0.29, 0.717) is 11.1 Å². The Hall–Kier alpha value is -1.77. The van der Waals surface area contributed by atoms with Crippen LogP contribution < -0.4 is 5.63 Å². The van der Waals surface area contributed by atoms with Gasteiger partial charge in [-0.1, -0.05) is 13.3 Å². The highest BCUT2D eigenvalue weighted by molar-refractivity contribution is 5.78. The second-order valence-corrected chi connectivity index (χ2v) is 3.88. The third-order valence-electron chi connectivity index (χ3n) is 2.59. The summed E-state index contributed by atoms with van der Waals surface area (Å²) in [5, 5.41) is 10.1.